The molecule has 0 saturated heterocycles. The number of ether oxygens (including phenoxy) is 3. The molecule has 29 heavy (non-hydrogen) atoms. The Kier molecular flexibility index (Phi) is 3.89. The molecule has 0 saturated carbocycles. The highest BCUT2D eigenvalue weighted by molar-refractivity contribution is 6.08. The fourth-order valence-electron chi connectivity index (χ4n) is 3.90. The van der Waals surface area contributed by atoms with Crippen LogP contribution >= 0.6 is 0 Å². The Balaban J connectivity index is 2.04. The van der Waals surface area contributed by atoms with Crippen molar-refractivity contribution in [3.05, 3.63) is 33.4 Å². The van der Waals surface area contributed by atoms with Crippen LogP contribution in [0.15, 0.2) is 0 Å². The maximum absolute atomic E-state index is 13.4. The van der Waals surface area contributed by atoms with Crippen molar-refractivity contribution < 1.29 is 49.6 Å². The molecule has 0 unspecified atom stereocenters. The Morgan fingerprint density at radius 1 is 0.897 bits per heavy atom. The van der Waals surface area contributed by atoms with Gasteiger partial charge in [-0.05, 0) is 19.4 Å². The van der Waals surface area contributed by atoms with E-state index in [1.54, 1.807) is 0 Å². The van der Waals surface area contributed by atoms with Gasteiger partial charge in [-0.2, -0.15) is 0 Å². The number of hydrogen-bond acceptors (Lipinski definition) is 10. The summed E-state index contributed by atoms with van der Waals surface area (Å²) in [5.74, 6) is -8.02. The maximum Gasteiger partial charge on any atom is 0.268 e. The molecule has 0 amide bonds. The molecule has 2 aromatic carbocycles. The van der Waals surface area contributed by atoms with Gasteiger partial charge in [-0.1, -0.05) is 0 Å². The third kappa shape index (κ3) is 2.13. The minimum Gasteiger partial charge on any atom is -0.504 e. The van der Waals surface area contributed by atoms with Crippen molar-refractivity contribution in [3.8, 4) is 34.5 Å². The number of aromatic hydroxyl groups is 6. The van der Waals surface area contributed by atoms with E-state index in [1.807, 2.05) is 0 Å². The standard InChI is InChI=1S/C19H18O10/c1-5-7-4-28-19(17(26)9(7)13(22)15(24)11(5)20)10-8(18(27-3)29-19)6(2)12(21)16(25)14(10)23/h18,20-25H,4H2,1-3H3/t18-,19+/m0/s1. The Hall–Kier alpha value is -3.21. The van der Waals surface area contributed by atoms with E-state index in [1.165, 1.54) is 21.0 Å². The average molecular weight is 406 g/mol. The molecule has 0 aliphatic carbocycles. The van der Waals surface area contributed by atoms with Gasteiger partial charge in [0.25, 0.3) is 5.79 Å². The van der Waals surface area contributed by atoms with Crippen LogP contribution in [-0.2, 0) is 26.6 Å². The van der Waals surface area contributed by atoms with Crippen molar-refractivity contribution >= 4 is 5.78 Å². The van der Waals surface area contributed by atoms with E-state index in [9.17, 15) is 35.4 Å². The molecule has 10 heteroatoms. The summed E-state index contributed by atoms with van der Waals surface area (Å²) in [6.45, 7) is 2.51. The predicted octanol–water partition coefficient (Wildman–Crippen LogP) is 1.78. The molecule has 154 valence electrons. The lowest BCUT2D eigenvalue weighted by Crippen LogP contribution is -2.43. The highest BCUT2D eigenvalue weighted by Crippen LogP contribution is 2.59. The van der Waals surface area contributed by atoms with E-state index in [2.05, 4.69) is 0 Å². The fourth-order valence-corrected chi connectivity index (χ4v) is 3.90. The van der Waals surface area contributed by atoms with Crippen LogP contribution in [0.5, 0.6) is 34.5 Å². The Labute approximate surface area is 163 Å². The van der Waals surface area contributed by atoms with E-state index in [4.69, 9.17) is 14.2 Å². The molecular formula is C19H18O10. The first kappa shape index (κ1) is 19.1. The molecule has 0 bridgehead atoms. The van der Waals surface area contributed by atoms with E-state index in [0.29, 0.717) is 0 Å². The zero-order chi connectivity index (χ0) is 21.4. The number of phenols is 6. The number of phenolic OH excluding ortho intramolecular Hbond substituents is 6. The molecule has 2 aliphatic rings. The van der Waals surface area contributed by atoms with Gasteiger partial charge in [0.1, 0.15) is 0 Å². The molecule has 2 aromatic rings. The molecule has 2 atom stereocenters. The van der Waals surface area contributed by atoms with E-state index >= 15 is 0 Å². The third-order valence-electron chi connectivity index (χ3n) is 5.51. The third-order valence-corrected chi connectivity index (χ3v) is 5.51. The number of hydrogen-bond donors (Lipinski definition) is 6. The minimum atomic E-state index is -2.32. The Morgan fingerprint density at radius 2 is 1.48 bits per heavy atom. The van der Waals surface area contributed by atoms with Gasteiger partial charge >= 0.3 is 0 Å². The summed E-state index contributed by atoms with van der Waals surface area (Å²) in [5, 5.41) is 60.9. The lowest BCUT2D eigenvalue weighted by Gasteiger charge is -2.34. The number of benzene rings is 2. The van der Waals surface area contributed by atoms with Gasteiger partial charge in [0.15, 0.2) is 29.3 Å². The van der Waals surface area contributed by atoms with Crippen molar-refractivity contribution in [3.63, 3.8) is 0 Å². The second kappa shape index (κ2) is 5.89. The van der Waals surface area contributed by atoms with Gasteiger partial charge in [0, 0.05) is 23.8 Å². The number of fused-ring (bicyclic) bond motifs is 3. The molecule has 1 spiro atoms. The molecule has 10 nitrogen and oxygen atoms in total. The van der Waals surface area contributed by atoms with Crippen LogP contribution in [0.25, 0.3) is 0 Å². The second-order valence-corrected chi connectivity index (χ2v) is 6.90. The van der Waals surface area contributed by atoms with E-state index < -0.39 is 52.4 Å². The monoisotopic (exact) mass is 406 g/mol. The lowest BCUT2D eigenvalue weighted by atomic mass is 9.85. The maximum atomic E-state index is 13.4. The molecule has 0 fully saturated rings. The summed E-state index contributed by atoms with van der Waals surface area (Å²) in [7, 11) is 1.26. The van der Waals surface area contributed by atoms with Gasteiger partial charge in [-0.25, -0.2) is 0 Å². The van der Waals surface area contributed by atoms with Crippen molar-refractivity contribution in [1.82, 2.24) is 0 Å². The SMILES string of the molecule is CO[C@H]1O[C@]2(OCc3c(C)c(O)c(O)c(O)c3C2=O)c2c(O)c(O)c(O)c(C)c21. The van der Waals surface area contributed by atoms with Gasteiger partial charge in [-0.15, -0.1) is 0 Å². The van der Waals surface area contributed by atoms with Crippen molar-refractivity contribution in [1.29, 1.82) is 0 Å². The second-order valence-electron chi connectivity index (χ2n) is 6.90. The predicted molar refractivity (Wildman–Crippen MR) is 94.0 cm³/mol. The zero-order valence-corrected chi connectivity index (χ0v) is 15.6. The highest BCUT2D eigenvalue weighted by Gasteiger charge is 2.59. The summed E-state index contributed by atoms with van der Waals surface area (Å²) in [6, 6.07) is 0. The Morgan fingerprint density at radius 3 is 2.10 bits per heavy atom. The number of ketones is 1. The van der Waals surface area contributed by atoms with Crippen LogP contribution < -0.4 is 0 Å². The topological polar surface area (TPSA) is 166 Å². The zero-order valence-electron chi connectivity index (χ0n) is 15.6. The first-order valence-corrected chi connectivity index (χ1v) is 8.51. The number of carbonyl (C=O) groups is 1. The summed E-state index contributed by atoms with van der Waals surface area (Å²) in [6.07, 6.45) is -1.25. The fraction of sp³-hybridized carbons (Fsp3) is 0.316. The van der Waals surface area contributed by atoms with Gasteiger partial charge in [0.2, 0.25) is 17.3 Å². The number of Topliss-reactive ketones (excluding diaryl/α,β-unsaturated/α-hetero) is 1. The van der Waals surface area contributed by atoms with Crippen molar-refractivity contribution in [2.75, 3.05) is 7.11 Å². The first-order chi connectivity index (χ1) is 13.6. The number of rotatable bonds is 1. The summed E-state index contributed by atoms with van der Waals surface area (Å²) >= 11 is 0. The van der Waals surface area contributed by atoms with Crippen LogP contribution in [0, 0.1) is 13.8 Å². The highest BCUT2D eigenvalue weighted by atomic mass is 16.8. The van der Waals surface area contributed by atoms with Gasteiger partial charge in [0.05, 0.1) is 17.7 Å². The molecule has 0 aromatic heterocycles. The molecular weight excluding hydrogens is 388 g/mol. The molecule has 2 heterocycles. The molecule has 6 N–H and O–H groups in total. The lowest BCUT2D eigenvalue weighted by molar-refractivity contribution is -0.277. The molecule has 2 aliphatic heterocycles. The van der Waals surface area contributed by atoms with Crippen molar-refractivity contribution in [2.45, 2.75) is 32.5 Å². The number of carbonyl (C=O) groups excluding carboxylic acids is 1. The van der Waals surface area contributed by atoms with Crippen LogP contribution in [0.4, 0.5) is 0 Å². The summed E-state index contributed by atoms with van der Waals surface area (Å²) in [4.78, 5) is 13.4. The van der Waals surface area contributed by atoms with Crippen LogP contribution in [0.2, 0.25) is 0 Å². The Bertz CT molecular complexity index is 1090. The average Bonchev–Trinajstić information content (AvgIpc) is 3.04. The molecule has 4 rings (SSSR count). The number of methoxy groups -OCH3 is 1. The van der Waals surface area contributed by atoms with E-state index in [0.717, 1.165) is 0 Å². The summed E-state index contributed by atoms with van der Waals surface area (Å²) < 4.78 is 16.6. The molecule has 0 radical (unpaired) electrons. The van der Waals surface area contributed by atoms with Gasteiger partial charge in [-0.3, -0.25) is 4.79 Å². The normalized spacial score (nSPS) is 22.7. The van der Waals surface area contributed by atoms with Crippen LogP contribution in [0.1, 0.15) is 44.5 Å². The van der Waals surface area contributed by atoms with Gasteiger partial charge < -0.3 is 44.8 Å². The smallest absolute Gasteiger partial charge is 0.268 e. The quantitative estimate of drug-likeness (QED) is 0.384. The minimum absolute atomic E-state index is 0.0799. The largest absolute Gasteiger partial charge is 0.504 e. The summed E-state index contributed by atoms with van der Waals surface area (Å²) in [5.41, 5.74) is -0.229. The van der Waals surface area contributed by atoms with E-state index in [-0.39, 0.29) is 40.0 Å². The first-order valence-electron chi connectivity index (χ1n) is 8.51. The van der Waals surface area contributed by atoms with Crippen LogP contribution in [-0.4, -0.2) is 43.5 Å². The van der Waals surface area contributed by atoms with Crippen molar-refractivity contribution in [2.24, 2.45) is 0 Å². The van der Waals surface area contributed by atoms with Crippen LogP contribution in [0.3, 0.4) is 0 Å².